The lowest BCUT2D eigenvalue weighted by molar-refractivity contribution is -0.137. The molecule has 0 saturated carbocycles. The zero-order valence-corrected chi connectivity index (χ0v) is 17.1. The summed E-state index contributed by atoms with van der Waals surface area (Å²) >= 11 is 6.21. The average Bonchev–Trinajstić information content (AvgIpc) is 2.77. The summed E-state index contributed by atoms with van der Waals surface area (Å²) in [7, 11) is 0. The Kier molecular flexibility index (Phi) is 5.95. The molecule has 0 bridgehead atoms. The predicted molar refractivity (Wildman–Crippen MR) is 110 cm³/mol. The van der Waals surface area contributed by atoms with Gasteiger partial charge in [-0.1, -0.05) is 11.6 Å². The van der Waals surface area contributed by atoms with Crippen LogP contribution in [0.15, 0.2) is 36.5 Å². The monoisotopic (exact) mass is 453 g/mol. The molecule has 2 aliphatic rings. The van der Waals surface area contributed by atoms with Gasteiger partial charge in [-0.05, 0) is 35.9 Å². The van der Waals surface area contributed by atoms with Crippen molar-refractivity contribution in [3.8, 4) is 11.5 Å². The first-order chi connectivity index (χ1) is 14.8. The smallest absolute Gasteiger partial charge is 0.417 e. The molecular formula is C21H19ClF3N3O3. The number of rotatable bonds is 3. The van der Waals surface area contributed by atoms with Crippen molar-refractivity contribution in [2.45, 2.75) is 6.18 Å². The number of nitrogens with zero attached hydrogens (tertiary/aromatic N) is 3. The second-order valence-electron chi connectivity index (χ2n) is 7.08. The topological polar surface area (TPSA) is 54.9 Å². The minimum absolute atomic E-state index is 0.161. The molecule has 1 amide bonds. The van der Waals surface area contributed by atoms with E-state index in [1.165, 1.54) is 12.1 Å². The van der Waals surface area contributed by atoms with Crippen LogP contribution in [0.2, 0.25) is 5.02 Å². The average molecular weight is 454 g/mol. The number of anilines is 1. The Morgan fingerprint density at radius 1 is 1.10 bits per heavy atom. The lowest BCUT2D eigenvalue weighted by atomic mass is 10.1. The molecule has 0 spiro atoms. The zero-order valence-electron chi connectivity index (χ0n) is 16.4. The quantitative estimate of drug-likeness (QED) is 0.660. The Morgan fingerprint density at radius 2 is 1.84 bits per heavy atom. The van der Waals surface area contributed by atoms with E-state index in [1.807, 2.05) is 4.90 Å². The fourth-order valence-corrected chi connectivity index (χ4v) is 3.67. The van der Waals surface area contributed by atoms with Crippen molar-refractivity contribution in [2.24, 2.45) is 0 Å². The summed E-state index contributed by atoms with van der Waals surface area (Å²) < 4.78 is 49.0. The van der Waals surface area contributed by atoms with Crippen LogP contribution in [0.4, 0.5) is 19.0 Å². The van der Waals surface area contributed by atoms with Crippen molar-refractivity contribution in [3.05, 3.63) is 52.7 Å². The van der Waals surface area contributed by atoms with E-state index in [-0.39, 0.29) is 5.91 Å². The number of amides is 1. The first kappa shape index (κ1) is 21.3. The number of piperazine rings is 1. The van der Waals surface area contributed by atoms with Crippen LogP contribution in [0.1, 0.15) is 11.1 Å². The summed E-state index contributed by atoms with van der Waals surface area (Å²) in [5.41, 5.74) is -0.0652. The third-order valence-corrected chi connectivity index (χ3v) is 5.31. The van der Waals surface area contributed by atoms with Crippen molar-refractivity contribution < 1.29 is 27.4 Å². The van der Waals surface area contributed by atoms with Crippen LogP contribution in [0.25, 0.3) is 6.08 Å². The molecule has 0 aliphatic carbocycles. The van der Waals surface area contributed by atoms with Crippen LogP contribution < -0.4 is 14.4 Å². The Hall–Kier alpha value is -2.94. The highest BCUT2D eigenvalue weighted by molar-refractivity contribution is 6.32. The molecule has 2 aromatic rings. The summed E-state index contributed by atoms with van der Waals surface area (Å²) in [4.78, 5) is 20.0. The number of fused-ring (bicyclic) bond motifs is 1. The number of carbonyl (C=O) groups excluding carboxylic acids is 1. The highest BCUT2D eigenvalue weighted by Crippen LogP contribution is 2.38. The molecule has 1 aromatic heterocycles. The van der Waals surface area contributed by atoms with Gasteiger partial charge in [0.15, 0.2) is 11.5 Å². The number of aromatic nitrogens is 1. The molecule has 1 fully saturated rings. The van der Waals surface area contributed by atoms with Crippen LogP contribution in [0, 0.1) is 0 Å². The molecule has 6 nitrogen and oxygen atoms in total. The van der Waals surface area contributed by atoms with Crippen molar-refractivity contribution >= 4 is 29.4 Å². The van der Waals surface area contributed by atoms with E-state index in [9.17, 15) is 18.0 Å². The second-order valence-corrected chi connectivity index (χ2v) is 7.48. The van der Waals surface area contributed by atoms with Gasteiger partial charge < -0.3 is 19.3 Å². The van der Waals surface area contributed by atoms with Gasteiger partial charge in [0.25, 0.3) is 0 Å². The van der Waals surface area contributed by atoms with Crippen LogP contribution in [0.3, 0.4) is 0 Å². The summed E-state index contributed by atoms with van der Waals surface area (Å²) in [5.74, 6) is 1.35. The van der Waals surface area contributed by atoms with Gasteiger partial charge in [0, 0.05) is 38.5 Å². The molecular weight excluding hydrogens is 435 g/mol. The molecule has 1 aromatic carbocycles. The van der Waals surface area contributed by atoms with E-state index in [1.54, 1.807) is 23.1 Å². The molecule has 2 aliphatic heterocycles. The number of halogens is 4. The van der Waals surface area contributed by atoms with Crippen molar-refractivity contribution in [1.82, 2.24) is 9.88 Å². The SMILES string of the molecule is O=C(/C=C/c1cc(Cl)c2c(c1)OCCO2)N1CCN(c2ccc(C(F)(F)F)cn2)CC1. The van der Waals surface area contributed by atoms with E-state index >= 15 is 0 Å². The molecule has 10 heteroatoms. The number of ether oxygens (including phenoxy) is 2. The van der Waals surface area contributed by atoms with Crippen molar-refractivity contribution in [1.29, 1.82) is 0 Å². The van der Waals surface area contributed by atoms with Gasteiger partial charge in [-0.25, -0.2) is 4.98 Å². The van der Waals surface area contributed by atoms with E-state index in [0.717, 1.165) is 17.8 Å². The molecule has 4 rings (SSSR count). The minimum Gasteiger partial charge on any atom is -0.486 e. The first-order valence-corrected chi connectivity index (χ1v) is 10.0. The molecule has 0 N–H and O–H groups in total. The standard InChI is InChI=1S/C21H19ClF3N3O3/c22-16-11-14(12-17-20(16)31-10-9-30-17)1-4-19(29)28-7-5-27(6-8-28)18-3-2-15(13-26-18)21(23,24)25/h1-4,11-13H,5-10H2/b4-1+. The molecule has 0 radical (unpaired) electrons. The van der Waals surface area contributed by atoms with E-state index in [2.05, 4.69) is 4.98 Å². The molecule has 0 atom stereocenters. The van der Waals surface area contributed by atoms with E-state index in [0.29, 0.717) is 61.7 Å². The van der Waals surface area contributed by atoms with Gasteiger partial charge in [-0.2, -0.15) is 13.2 Å². The van der Waals surface area contributed by atoms with Crippen LogP contribution >= 0.6 is 11.6 Å². The number of alkyl halides is 3. The number of pyridine rings is 1. The maximum absolute atomic E-state index is 12.7. The van der Waals surface area contributed by atoms with Gasteiger partial charge in [0.1, 0.15) is 19.0 Å². The van der Waals surface area contributed by atoms with Crippen LogP contribution in [-0.2, 0) is 11.0 Å². The van der Waals surface area contributed by atoms with E-state index in [4.69, 9.17) is 21.1 Å². The number of hydrogen-bond donors (Lipinski definition) is 0. The Bertz CT molecular complexity index is 988. The fraction of sp³-hybridized carbons (Fsp3) is 0.333. The summed E-state index contributed by atoms with van der Waals surface area (Å²) in [6.07, 6.45) is -0.456. The maximum Gasteiger partial charge on any atom is 0.417 e. The first-order valence-electron chi connectivity index (χ1n) is 9.65. The molecule has 164 valence electrons. The molecule has 3 heterocycles. The third-order valence-electron chi connectivity index (χ3n) is 5.03. The van der Waals surface area contributed by atoms with E-state index < -0.39 is 11.7 Å². The number of hydrogen-bond acceptors (Lipinski definition) is 5. The summed E-state index contributed by atoms with van der Waals surface area (Å²) in [6.45, 7) is 2.71. The largest absolute Gasteiger partial charge is 0.486 e. The predicted octanol–water partition coefficient (Wildman–Crippen LogP) is 3.89. The summed E-state index contributed by atoms with van der Waals surface area (Å²) in [5, 5.41) is 0.418. The number of carbonyl (C=O) groups is 1. The van der Waals surface area contributed by atoms with Gasteiger partial charge in [0.05, 0.1) is 10.6 Å². The molecule has 31 heavy (non-hydrogen) atoms. The number of benzene rings is 1. The minimum atomic E-state index is -4.41. The van der Waals surface area contributed by atoms with Gasteiger partial charge >= 0.3 is 6.18 Å². The van der Waals surface area contributed by atoms with Crippen LogP contribution in [0.5, 0.6) is 11.5 Å². The van der Waals surface area contributed by atoms with Crippen molar-refractivity contribution in [2.75, 3.05) is 44.3 Å². The van der Waals surface area contributed by atoms with Crippen molar-refractivity contribution in [3.63, 3.8) is 0 Å². The Morgan fingerprint density at radius 3 is 2.52 bits per heavy atom. The van der Waals surface area contributed by atoms with Crippen LogP contribution in [-0.4, -0.2) is 55.2 Å². The Balaban J connectivity index is 1.35. The summed E-state index contributed by atoms with van der Waals surface area (Å²) in [6, 6.07) is 5.83. The fourth-order valence-electron chi connectivity index (χ4n) is 3.40. The molecule has 0 unspecified atom stereocenters. The normalized spacial score (nSPS) is 16.6. The Labute approximate surface area is 181 Å². The lowest BCUT2D eigenvalue weighted by Gasteiger charge is -2.35. The second kappa shape index (κ2) is 8.66. The van der Waals surface area contributed by atoms with Gasteiger partial charge in [-0.15, -0.1) is 0 Å². The third kappa shape index (κ3) is 4.87. The molecule has 1 saturated heterocycles. The highest BCUT2D eigenvalue weighted by atomic mass is 35.5. The highest BCUT2D eigenvalue weighted by Gasteiger charge is 2.31. The van der Waals surface area contributed by atoms with Gasteiger partial charge in [-0.3, -0.25) is 4.79 Å². The van der Waals surface area contributed by atoms with Gasteiger partial charge in [0.2, 0.25) is 5.91 Å². The maximum atomic E-state index is 12.7. The zero-order chi connectivity index (χ0) is 22.0. The lowest BCUT2D eigenvalue weighted by Crippen LogP contribution is -2.48.